The Morgan fingerprint density at radius 3 is 2.63 bits per heavy atom. The summed E-state index contributed by atoms with van der Waals surface area (Å²) in [6.07, 6.45) is 0.708. The summed E-state index contributed by atoms with van der Waals surface area (Å²) in [5, 5.41) is 3.00. The average molecular weight is 369 g/mol. The van der Waals surface area contributed by atoms with Gasteiger partial charge in [-0.05, 0) is 35.7 Å². The Hall–Kier alpha value is -3.02. The van der Waals surface area contributed by atoms with E-state index in [4.69, 9.17) is 14.2 Å². The average Bonchev–Trinajstić information content (AvgIpc) is 2.70. The molecule has 0 radical (unpaired) electrons. The normalized spacial score (nSPS) is 13.7. The number of fused-ring (bicyclic) bond motifs is 1. The minimum Gasteiger partial charge on any atom is -0.486 e. The molecule has 3 rings (SSSR count). The SMILES string of the molecule is CC(C)[C@@H](NC(=O)COc1ccccc1C=O)c1ccc2c(c1)OCCO2. The van der Waals surface area contributed by atoms with Crippen LogP contribution in [-0.4, -0.2) is 32.0 Å². The van der Waals surface area contributed by atoms with Crippen LogP contribution in [0.4, 0.5) is 0 Å². The molecule has 6 heteroatoms. The molecule has 1 heterocycles. The van der Waals surface area contributed by atoms with Crippen molar-refractivity contribution < 1.29 is 23.8 Å². The van der Waals surface area contributed by atoms with Crippen LogP contribution in [0.25, 0.3) is 0 Å². The van der Waals surface area contributed by atoms with E-state index in [0.29, 0.717) is 42.3 Å². The van der Waals surface area contributed by atoms with Crippen LogP contribution in [0.5, 0.6) is 17.2 Å². The molecule has 0 saturated carbocycles. The predicted molar refractivity (Wildman–Crippen MR) is 100 cm³/mol. The van der Waals surface area contributed by atoms with Crippen LogP contribution >= 0.6 is 0 Å². The molecule has 1 aliphatic rings. The molecule has 142 valence electrons. The number of aldehydes is 1. The summed E-state index contributed by atoms with van der Waals surface area (Å²) in [5.41, 5.74) is 1.36. The molecule has 0 unspecified atom stereocenters. The van der Waals surface area contributed by atoms with Gasteiger partial charge in [-0.1, -0.05) is 32.0 Å². The number of hydrogen-bond acceptors (Lipinski definition) is 5. The Bertz CT molecular complexity index is 818. The second kappa shape index (κ2) is 8.58. The van der Waals surface area contributed by atoms with Crippen molar-refractivity contribution in [2.45, 2.75) is 19.9 Å². The zero-order chi connectivity index (χ0) is 19.2. The molecule has 27 heavy (non-hydrogen) atoms. The highest BCUT2D eigenvalue weighted by atomic mass is 16.6. The van der Waals surface area contributed by atoms with E-state index in [1.165, 1.54) is 0 Å². The second-order valence-corrected chi connectivity index (χ2v) is 6.64. The van der Waals surface area contributed by atoms with Gasteiger partial charge in [-0.3, -0.25) is 9.59 Å². The largest absolute Gasteiger partial charge is 0.486 e. The van der Waals surface area contributed by atoms with E-state index in [1.807, 2.05) is 32.0 Å². The lowest BCUT2D eigenvalue weighted by molar-refractivity contribution is -0.124. The van der Waals surface area contributed by atoms with Gasteiger partial charge in [0, 0.05) is 0 Å². The van der Waals surface area contributed by atoms with Crippen molar-refractivity contribution in [1.29, 1.82) is 0 Å². The number of carbonyl (C=O) groups is 2. The lowest BCUT2D eigenvalue weighted by Crippen LogP contribution is -2.35. The molecule has 0 fully saturated rings. The number of rotatable bonds is 7. The number of benzene rings is 2. The summed E-state index contributed by atoms with van der Waals surface area (Å²) in [5.74, 6) is 1.70. The molecule has 1 atom stereocenters. The van der Waals surface area contributed by atoms with Crippen molar-refractivity contribution >= 4 is 12.2 Å². The summed E-state index contributed by atoms with van der Waals surface area (Å²) in [6.45, 7) is 4.95. The van der Waals surface area contributed by atoms with Gasteiger partial charge in [-0.2, -0.15) is 0 Å². The molecule has 0 saturated heterocycles. The lowest BCUT2D eigenvalue weighted by Gasteiger charge is -2.25. The summed E-state index contributed by atoms with van der Waals surface area (Å²) < 4.78 is 16.7. The summed E-state index contributed by atoms with van der Waals surface area (Å²) >= 11 is 0. The fraction of sp³-hybridized carbons (Fsp3) is 0.333. The van der Waals surface area contributed by atoms with Crippen molar-refractivity contribution in [3.05, 3.63) is 53.6 Å². The first kappa shape index (κ1) is 18.8. The third-order valence-electron chi connectivity index (χ3n) is 4.31. The Morgan fingerprint density at radius 2 is 1.89 bits per heavy atom. The number of hydrogen-bond donors (Lipinski definition) is 1. The number of ether oxygens (including phenoxy) is 3. The van der Waals surface area contributed by atoms with Crippen LogP contribution in [0.1, 0.15) is 35.8 Å². The fourth-order valence-corrected chi connectivity index (χ4v) is 2.96. The lowest BCUT2D eigenvalue weighted by atomic mass is 9.95. The summed E-state index contributed by atoms with van der Waals surface area (Å²) in [4.78, 5) is 23.5. The molecule has 1 aliphatic heterocycles. The van der Waals surface area contributed by atoms with E-state index in [0.717, 1.165) is 5.56 Å². The standard InChI is InChI=1S/C21H23NO5/c1-14(2)21(15-7-8-18-19(11-15)26-10-9-25-18)22-20(24)13-27-17-6-4-3-5-16(17)12-23/h3-8,11-12,14,21H,9-10,13H2,1-2H3,(H,22,24)/t21-/m1/s1. The van der Waals surface area contributed by atoms with Crippen molar-refractivity contribution in [1.82, 2.24) is 5.32 Å². The summed E-state index contributed by atoms with van der Waals surface area (Å²) in [7, 11) is 0. The van der Waals surface area contributed by atoms with E-state index in [-0.39, 0.29) is 24.5 Å². The molecule has 0 bridgehead atoms. The molecule has 0 aromatic heterocycles. The van der Waals surface area contributed by atoms with E-state index in [2.05, 4.69) is 5.32 Å². The van der Waals surface area contributed by atoms with Gasteiger partial charge in [-0.15, -0.1) is 0 Å². The van der Waals surface area contributed by atoms with E-state index < -0.39 is 0 Å². The van der Waals surface area contributed by atoms with Gasteiger partial charge in [0.1, 0.15) is 19.0 Å². The molecule has 0 spiro atoms. The predicted octanol–water partition coefficient (Wildman–Crippen LogP) is 3.16. The van der Waals surface area contributed by atoms with E-state index in [1.54, 1.807) is 24.3 Å². The fourth-order valence-electron chi connectivity index (χ4n) is 2.96. The van der Waals surface area contributed by atoms with Gasteiger partial charge in [0.25, 0.3) is 5.91 Å². The van der Waals surface area contributed by atoms with E-state index >= 15 is 0 Å². The Labute approximate surface area is 158 Å². The molecule has 6 nitrogen and oxygen atoms in total. The van der Waals surface area contributed by atoms with Crippen LogP contribution in [0.3, 0.4) is 0 Å². The molecule has 1 N–H and O–H groups in total. The van der Waals surface area contributed by atoms with Crippen molar-refractivity contribution in [3.8, 4) is 17.2 Å². The van der Waals surface area contributed by atoms with E-state index in [9.17, 15) is 9.59 Å². The van der Waals surface area contributed by atoms with Crippen LogP contribution < -0.4 is 19.5 Å². The highest BCUT2D eigenvalue weighted by Gasteiger charge is 2.21. The molecule has 1 amide bonds. The van der Waals surface area contributed by atoms with Gasteiger partial charge in [0.05, 0.1) is 11.6 Å². The van der Waals surface area contributed by atoms with Crippen LogP contribution in [0, 0.1) is 5.92 Å². The molecular weight excluding hydrogens is 346 g/mol. The first-order valence-corrected chi connectivity index (χ1v) is 8.94. The Kier molecular flexibility index (Phi) is 5.96. The zero-order valence-electron chi connectivity index (χ0n) is 15.4. The number of para-hydroxylation sites is 1. The first-order valence-electron chi connectivity index (χ1n) is 8.94. The highest BCUT2D eigenvalue weighted by molar-refractivity contribution is 5.81. The minimum atomic E-state index is -0.260. The van der Waals surface area contributed by atoms with Crippen molar-refractivity contribution in [2.75, 3.05) is 19.8 Å². The summed E-state index contributed by atoms with van der Waals surface area (Å²) in [6, 6.07) is 12.3. The molecule has 2 aromatic rings. The molecular formula is C21H23NO5. The van der Waals surface area contributed by atoms with Crippen LogP contribution in [0.15, 0.2) is 42.5 Å². The maximum absolute atomic E-state index is 12.4. The number of nitrogens with one attached hydrogen (secondary N) is 1. The monoisotopic (exact) mass is 369 g/mol. The van der Waals surface area contributed by atoms with Crippen molar-refractivity contribution in [3.63, 3.8) is 0 Å². The quantitative estimate of drug-likeness (QED) is 0.759. The zero-order valence-corrected chi connectivity index (χ0v) is 15.4. The molecule has 0 aliphatic carbocycles. The topological polar surface area (TPSA) is 73.9 Å². The van der Waals surface area contributed by atoms with Crippen molar-refractivity contribution in [2.24, 2.45) is 5.92 Å². The maximum atomic E-state index is 12.4. The van der Waals surface area contributed by atoms with Gasteiger partial charge >= 0.3 is 0 Å². The number of amides is 1. The van der Waals surface area contributed by atoms with Crippen LogP contribution in [0.2, 0.25) is 0 Å². The Morgan fingerprint density at radius 1 is 1.15 bits per heavy atom. The minimum absolute atomic E-state index is 0.166. The first-order chi connectivity index (χ1) is 13.1. The van der Waals surface area contributed by atoms with Gasteiger partial charge in [-0.25, -0.2) is 0 Å². The van der Waals surface area contributed by atoms with Gasteiger partial charge in [0.15, 0.2) is 24.4 Å². The third-order valence-corrected chi connectivity index (χ3v) is 4.31. The third kappa shape index (κ3) is 4.58. The smallest absolute Gasteiger partial charge is 0.258 e. The number of carbonyl (C=O) groups excluding carboxylic acids is 2. The van der Waals surface area contributed by atoms with Crippen LogP contribution in [-0.2, 0) is 4.79 Å². The second-order valence-electron chi connectivity index (χ2n) is 6.64. The Balaban J connectivity index is 1.67. The van der Waals surface area contributed by atoms with Gasteiger partial charge < -0.3 is 19.5 Å². The maximum Gasteiger partial charge on any atom is 0.258 e. The van der Waals surface area contributed by atoms with Gasteiger partial charge in [0.2, 0.25) is 0 Å². The molecule has 2 aromatic carbocycles. The highest BCUT2D eigenvalue weighted by Crippen LogP contribution is 2.34.